The summed E-state index contributed by atoms with van der Waals surface area (Å²) in [5.74, 6) is 0.0343. The number of alkyl halides is 3. The summed E-state index contributed by atoms with van der Waals surface area (Å²) in [7, 11) is -5.21. The van der Waals surface area contributed by atoms with Crippen LogP contribution in [0.25, 0.3) is 0 Å². The first-order chi connectivity index (χ1) is 15.4. The van der Waals surface area contributed by atoms with E-state index in [9.17, 15) is 22.2 Å². The van der Waals surface area contributed by atoms with Crippen molar-refractivity contribution in [3.05, 3.63) is 41.5 Å². The van der Waals surface area contributed by atoms with Crippen LogP contribution in [-0.4, -0.2) is 36.7 Å². The zero-order chi connectivity index (χ0) is 25.9. The molecule has 2 rings (SSSR count). The number of hydrogen-bond donors (Lipinski definition) is 0. The van der Waals surface area contributed by atoms with Crippen LogP contribution < -0.4 is 0 Å². The summed E-state index contributed by atoms with van der Waals surface area (Å²) in [5.41, 5.74) is -0.0653. The van der Waals surface area contributed by atoms with Gasteiger partial charge in [0.2, 0.25) is 0 Å². The topological polar surface area (TPSA) is 55.7 Å². The Kier molecular flexibility index (Phi) is 9.02. The Labute approximate surface area is 203 Å². The third-order valence-corrected chi connectivity index (χ3v) is 13.6. The standard InChI is InChI=1S/C25H38F3NO3SSi/c1-18(2)23(16-32-34(6,7)24(3,4)5)29-33(31,17-19-9-8-10-21(30)15-19)22-13-11-20(12-14-22)25(26,27)28/h11-15,18,23H,8-10,16-17H2,1-7H3/t23-,33?/m0/s1. The monoisotopic (exact) mass is 517 g/mol. The van der Waals surface area contributed by atoms with Crippen LogP contribution in [-0.2, 0) is 25.1 Å². The van der Waals surface area contributed by atoms with E-state index in [2.05, 4.69) is 33.9 Å². The molecule has 0 aliphatic heterocycles. The molecule has 0 aromatic heterocycles. The van der Waals surface area contributed by atoms with Crippen molar-refractivity contribution in [1.29, 1.82) is 0 Å². The maximum atomic E-state index is 14.3. The normalized spacial score (nSPS) is 18.4. The highest BCUT2D eigenvalue weighted by Gasteiger charge is 2.38. The molecule has 1 unspecified atom stereocenters. The van der Waals surface area contributed by atoms with Crippen molar-refractivity contribution in [2.75, 3.05) is 12.4 Å². The number of ketones is 1. The lowest BCUT2D eigenvalue weighted by molar-refractivity contribution is -0.137. The van der Waals surface area contributed by atoms with Crippen LogP contribution in [0.1, 0.15) is 59.4 Å². The quantitative estimate of drug-likeness (QED) is 0.341. The summed E-state index contributed by atoms with van der Waals surface area (Å²) in [4.78, 5) is 12.2. The minimum absolute atomic E-state index is 0.00334. The molecule has 0 radical (unpaired) electrons. The highest BCUT2D eigenvalue weighted by atomic mass is 32.2. The molecule has 0 N–H and O–H groups in total. The number of halogens is 3. The maximum Gasteiger partial charge on any atom is 0.416 e. The second kappa shape index (κ2) is 10.7. The molecule has 4 nitrogen and oxygen atoms in total. The molecular formula is C25H38F3NO3SSi. The summed E-state index contributed by atoms with van der Waals surface area (Å²) in [6, 6.07) is 4.00. The summed E-state index contributed by atoms with van der Waals surface area (Å²) in [6.45, 7) is 14.9. The Morgan fingerprint density at radius 2 is 1.68 bits per heavy atom. The summed E-state index contributed by atoms with van der Waals surface area (Å²) in [5, 5.41) is -0.00334. The van der Waals surface area contributed by atoms with Crippen LogP contribution in [0.5, 0.6) is 0 Å². The molecule has 34 heavy (non-hydrogen) atoms. The van der Waals surface area contributed by atoms with Gasteiger partial charge < -0.3 is 4.43 Å². The third kappa shape index (κ3) is 7.52. The van der Waals surface area contributed by atoms with Gasteiger partial charge in [-0.1, -0.05) is 40.2 Å². The van der Waals surface area contributed by atoms with Crippen LogP contribution in [0.2, 0.25) is 18.1 Å². The van der Waals surface area contributed by atoms with Gasteiger partial charge in [-0.15, -0.1) is 0 Å². The molecule has 9 heteroatoms. The van der Waals surface area contributed by atoms with Crippen molar-refractivity contribution in [1.82, 2.24) is 0 Å². The molecule has 0 spiro atoms. The van der Waals surface area contributed by atoms with Crippen molar-refractivity contribution in [3.8, 4) is 0 Å². The SMILES string of the molecule is CC(C)[C@H](CO[Si](C)(C)C(C)(C)C)N=S(=O)(CC1=CC(=O)CCC1)c1ccc(C(F)(F)F)cc1. The van der Waals surface area contributed by atoms with Gasteiger partial charge in [0.15, 0.2) is 14.1 Å². The van der Waals surface area contributed by atoms with Crippen molar-refractivity contribution >= 4 is 23.8 Å². The number of rotatable bonds is 8. The number of benzene rings is 1. The number of allylic oxidation sites excluding steroid dienone is 1. The molecule has 0 fully saturated rings. The molecule has 0 saturated heterocycles. The predicted octanol–water partition coefficient (Wildman–Crippen LogP) is 7.26. The number of hydrogen-bond acceptors (Lipinski definition) is 4. The average Bonchev–Trinajstić information content (AvgIpc) is 2.69. The zero-order valence-electron chi connectivity index (χ0n) is 21.3. The van der Waals surface area contributed by atoms with Crippen LogP contribution >= 0.6 is 0 Å². The first-order valence-corrected chi connectivity index (χ1v) is 16.3. The Hall–Kier alpha value is -1.45. The number of nitrogens with zero attached hydrogens (tertiary/aromatic N) is 1. The number of carbonyl (C=O) groups is 1. The van der Waals surface area contributed by atoms with Crippen LogP contribution in [0.4, 0.5) is 13.2 Å². The van der Waals surface area contributed by atoms with E-state index in [1.165, 1.54) is 18.2 Å². The van der Waals surface area contributed by atoms with Gasteiger partial charge in [-0.3, -0.25) is 4.79 Å². The zero-order valence-corrected chi connectivity index (χ0v) is 23.1. The van der Waals surface area contributed by atoms with Gasteiger partial charge in [-0.2, -0.15) is 13.2 Å². The fraction of sp³-hybridized carbons (Fsp3) is 0.640. The molecule has 1 aliphatic carbocycles. The van der Waals surface area contributed by atoms with Crippen LogP contribution in [0, 0.1) is 5.92 Å². The minimum atomic E-state index is -4.48. The largest absolute Gasteiger partial charge is 0.416 e. The first kappa shape index (κ1) is 28.8. The van der Waals surface area contributed by atoms with Gasteiger partial charge in [-0.05, 0) is 67.2 Å². The molecular weight excluding hydrogens is 479 g/mol. The lowest BCUT2D eigenvalue weighted by atomic mass is 10.0. The van der Waals surface area contributed by atoms with Gasteiger partial charge in [0.05, 0.1) is 33.7 Å². The summed E-state index contributed by atoms with van der Waals surface area (Å²) in [6.07, 6.45) is -1.19. The predicted molar refractivity (Wildman–Crippen MR) is 134 cm³/mol. The first-order valence-electron chi connectivity index (χ1n) is 11.7. The third-order valence-electron chi connectivity index (χ3n) is 6.71. The van der Waals surface area contributed by atoms with Gasteiger partial charge in [0.1, 0.15) is 0 Å². The van der Waals surface area contributed by atoms with Crippen LogP contribution in [0.15, 0.2) is 45.2 Å². The second-order valence-electron chi connectivity index (χ2n) is 10.9. The molecule has 1 aromatic carbocycles. The van der Waals surface area contributed by atoms with E-state index in [-0.39, 0.29) is 27.4 Å². The van der Waals surface area contributed by atoms with Crippen LogP contribution in [0.3, 0.4) is 0 Å². The summed E-state index contributed by atoms with van der Waals surface area (Å²) >= 11 is 0. The molecule has 1 aromatic rings. The van der Waals surface area contributed by atoms with E-state index in [0.717, 1.165) is 17.7 Å². The molecule has 0 amide bonds. The number of carbonyl (C=O) groups excluding carboxylic acids is 1. The van der Waals surface area contributed by atoms with E-state index in [0.29, 0.717) is 25.9 Å². The maximum absolute atomic E-state index is 14.3. The molecule has 0 saturated carbocycles. The minimum Gasteiger partial charge on any atom is -0.415 e. The van der Waals surface area contributed by atoms with Gasteiger partial charge in [-0.25, -0.2) is 8.57 Å². The molecule has 0 heterocycles. The average molecular weight is 518 g/mol. The van der Waals surface area contributed by atoms with E-state index < -0.39 is 35.8 Å². The highest BCUT2D eigenvalue weighted by molar-refractivity contribution is 7.93. The van der Waals surface area contributed by atoms with Gasteiger partial charge in [0, 0.05) is 11.3 Å². The summed E-state index contributed by atoms with van der Waals surface area (Å²) < 4.78 is 64.8. The van der Waals surface area contributed by atoms with E-state index >= 15 is 0 Å². The highest BCUT2D eigenvalue weighted by Crippen LogP contribution is 2.37. The van der Waals surface area contributed by atoms with Gasteiger partial charge >= 0.3 is 6.18 Å². The smallest absolute Gasteiger partial charge is 0.415 e. The Morgan fingerprint density at radius 1 is 1.09 bits per heavy atom. The van der Waals surface area contributed by atoms with Gasteiger partial charge in [0.25, 0.3) is 0 Å². The Morgan fingerprint density at radius 3 is 2.15 bits per heavy atom. The van der Waals surface area contributed by atoms with Crippen molar-refractivity contribution in [2.45, 2.75) is 89.1 Å². The second-order valence-corrected chi connectivity index (χ2v) is 18.0. The van der Waals surface area contributed by atoms with Crippen molar-refractivity contribution in [3.63, 3.8) is 0 Å². The molecule has 2 atom stereocenters. The van der Waals surface area contributed by atoms with E-state index in [4.69, 9.17) is 8.79 Å². The fourth-order valence-electron chi connectivity index (χ4n) is 3.34. The lowest BCUT2D eigenvalue weighted by Gasteiger charge is -2.37. The van der Waals surface area contributed by atoms with Crippen molar-refractivity contribution < 1.29 is 26.6 Å². The Bertz CT molecular complexity index is 1020. The van der Waals surface area contributed by atoms with E-state index in [1.807, 2.05) is 13.8 Å². The molecule has 0 bridgehead atoms. The Balaban J connectivity index is 2.51. The van der Waals surface area contributed by atoms with E-state index in [1.54, 1.807) is 0 Å². The molecule has 192 valence electrons. The fourth-order valence-corrected chi connectivity index (χ4v) is 6.76. The molecule has 1 aliphatic rings. The van der Waals surface area contributed by atoms with Crippen molar-refractivity contribution in [2.24, 2.45) is 10.3 Å². The lowest BCUT2D eigenvalue weighted by Crippen LogP contribution is -2.43.